The number of fused-ring (bicyclic) bond motifs is 1. The van der Waals surface area contributed by atoms with Crippen LogP contribution in [-0.2, 0) is 6.42 Å². The number of para-hydroxylation sites is 1. The van der Waals surface area contributed by atoms with E-state index < -0.39 is 0 Å². The molecule has 1 aliphatic heterocycles. The SMILES string of the molecule is CCc1cccc2c(C(=O)N3CCN([C@H]4CCC[C@H]4O)CC3)c[nH]c12. The Morgan fingerprint density at radius 2 is 2.04 bits per heavy atom. The molecule has 1 saturated heterocycles. The van der Waals surface area contributed by atoms with Crippen LogP contribution < -0.4 is 0 Å². The number of piperazine rings is 1. The maximum atomic E-state index is 13.0. The third-order valence-electron chi connectivity index (χ3n) is 5.93. The first-order valence-electron chi connectivity index (χ1n) is 9.49. The van der Waals surface area contributed by atoms with Gasteiger partial charge in [-0.25, -0.2) is 0 Å². The summed E-state index contributed by atoms with van der Waals surface area (Å²) in [7, 11) is 0. The minimum atomic E-state index is -0.191. The van der Waals surface area contributed by atoms with E-state index in [1.807, 2.05) is 23.2 Å². The van der Waals surface area contributed by atoms with Crippen molar-refractivity contribution in [3.8, 4) is 0 Å². The zero-order valence-electron chi connectivity index (χ0n) is 14.9. The van der Waals surface area contributed by atoms with Crippen molar-refractivity contribution in [1.29, 1.82) is 0 Å². The highest BCUT2D eigenvalue weighted by atomic mass is 16.3. The van der Waals surface area contributed by atoms with E-state index in [2.05, 4.69) is 22.9 Å². The fourth-order valence-corrected chi connectivity index (χ4v) is 4.46. The van der Waals surface area contributed by atoms with Gasteiger partial charge >= 0.3 is 0 Å². The van der Waals surface area contributed by atoms with Crippen molar-refractivity contribution in [2.24, 2.45) is 0 Å². The monoisotopic (exact) mass is 341 g/mol. The predicted molar refractivity (Wildman–Crippen MR) is 98.8 cm³/mol. The minimum absolute atomic E-state index is 0.117. The first kappa shape index (κ1) is 16.6. The molecule has 4 rings (SSSR count). The van der Waals surface area contributed by atoms with Gasteiger partial charge in [-0.05, 0) is 31.2 Å². The number of hydrogen-bond acceptors (Lipinski definition) is 3. The summed E-state index contributed by atoms with van der Waals surface area (Å²) in [4.78, 5) is 20.6. The highest BCUT2D eigenvalue weighted by molar-refractivity contribution is 6.07. The fraction of sp³-hybridized carbons (Fsp3) is 0.550. The van der Waals surface area contributed by atoms with Gasteiger partial charge in [-0.15, -0.1) is 0 Å². The third kappa shape index (κ3) is 2.96. The molecule has 0 radical (unpaired) electrons. The van der Waals surface area contributed by atoms with Gasteiger partial charge in [0.15, 0.2) is 0 Å². The van der Waals surface area contributed by atoms with E-state index in [9.17, 15) is 9.90 Å². The molecule has 0 spiro atoms. The summed E-state index contributed by atoms with van der Waals surface area (Å²) < 4.78 is 0. The smallest absolute Gasteiger partial charge is 0.256 e. The number of aliphatic hydroxyl groups excluding tert-OH is 1. The van der Waals surface area contributed by atoms with Gasteiger partial charge in [0, 0.05) is 49.3 Å². The first-order chi connectivity index (χ1) is 12.2. The van der Waals surface area contributed by atoms with Crippen LogP contribution in [0.25, 0.3) is 10.9 Å². The fourth-order valence-electron chi connectivity index (χ4n) is 4.46. The maximum Gasteiger partial charge on any atom is 0.256 e. The van der Waals surface area contributed by atoms with Gasteiger partial charge in [-0.1, -0.05) is 25.1 Å². The second-order valence-corrected chi connectivity index (χ2v) is 7.29. The third-order valence-corrected chi connectivity index (χ3v) is 5.93. The van der Waals surface area contributed by atoms with E-state index in [1.54, 1.807) is 0 Å². The second kappa shape index (κ2) is 6.81. The number of aliphatic hydroxyl groups is 1. The van der Waals surface area contributed by atoms with Crippen LogP contribution in [-0.4, -0.2) is 64.1 Å². The Bertz CT molecular complexity index is 761. The van der Waals surface area contributed by atoms with E-state index >= 15 is 0 Å². The molecule has 1 amide bonds. The zero-order valence-corrected chi connectivity index (χ0v) is 14.9. The average molecular weight is 341 g/mol. The molecular weight excluding hydrogens is 314 g/mol. The molecule has 2 atom stereocenters. The highest BCUT2D eigenvalue weighted by Crippen LogP contribution is 2.27. The molecule has 1 aliphatic carbocycles. The Morgan fingerprint density at radius 3 is 2.72 bits per heavy atom. The van der Waals surface area contributed by atoms with E-state index in [1.165, 1.54) is 5.56 Å². The normalized spacial score (nSPS) is 25.0. The molecule has 5 heteroatoms. The Labute approximate surface area is 148 Å². The summed E-state index contributed by atoms with van der Waals surface area (Å²) in [6.45, 7) is 5.32. The number of aromatic nitrogens is 1. The number of hydrogen-bond donors (Lipinski definition) is 2. The quantitative estimate of drug-likeness (QED) is 0.901. The molecule has 2 N–H and O–H groups in total. The van der Waals surface area contributed by atoms with Crippen molar-refractivity contribution in [3.05, 3.63) is 35.5 Å². The maximum absolute atomic E-state index is 13.0. The van der Waals surface area contributed by atoms with Crippen molar-refractivity contribution < 1.29 is 9.90 Å². The molecule has 2 fully saturated rings. The zero-order chi connectivity index (χ0) is 17.4. The molecule has 0 unspecified atom stereocenters. The van der Waals surface area contributed by atoms with Crippen LogP contribution in [0, 0.1) is 0 Å². The molecule has 134 valence electrons. The van der Waals surface area contributed by atoms with Crippen molar-refractivity contribution in [2.75, 3.05) is 26.2 Å². The summed E-state index contributed by atoms with van der Waals surface area (Å²) in [5.74, 6) is 0.117. The van der Waals surface area contributed by atoms with Crippen molar-refractivity contribution in [3.63, 3.8) is 0 Å². The summed E-state index contributed by atoms with van der Waals surface area (Å²) in [5, 5.41) is 11.1. The number of carbonyl (C=O) groups is 1. The lowest BCUT2D eigenvalue weighted by Gasteiger charge is -2.39. The van der Waals surface area contributed by atoms with Crippen molar-refractivity contribution in [1.82, 2.24) is 14.8 Å². The number of H-pyrrole nitrogens is 1. The van der Waals surface area contributed by atoms with Crippen LogP contribution in [0.15, 0.2) is 24.4 Å². The van der Waals surface area contributed by atoms with Crippen molar-refractivity contribution in [2.45, 2.75) is 44.8 Å². The van der Waals surface area contributed by atoms with Gasteiger partial charge in [0.25, 0.3) is 5.91 Å². The Hall–Kier alpha value is -1.85. The highest BCUT2D eigenvalue weighted by Gasteiger charge is 2.33. The van der Waals surface area contributed by atoms with Gasteiger partial charge in [0.05, 0.1) is 11.7 Å². The summed E-state index contributed by atoms with van der Waals surface area (Å²) in [5.41, 5.74) is 3.11. The summed E-state index contributed by atoms with van der Waals surface area (Å²) in [6, 6.07) is 6.46. The predicted octanol–water partition coefficient (Wildman–Crippen LogP) is 2.40. The van der Waals surface area contributed by atoms with Crippen LogP contribution in [0.1, 0.15) is 42.1 Å². The van der Waals surface area contributed by atoms with Crippen LogP contribution in [0.4, 0.5) is 0 Å². The van der Waals surface area contributed by atoms with Gasteiger partial charge in [0.1, 0.15) is 0 Å². The van der Waals surface area contributed by atoms with E-state index in [4.69, 9.17) is 0 Å². The van der Waals surface area contributed by atoms with E-state index in [0.717, 1.165) is 68.3 Å². The van der Waals surface area contributed by atoms with Gasteiger partial charge in [-0.3, -0.25) is 9.69 Å². The van der Waals surface area contributed by atoms with Crippen LogP contribution in [0.2, 0.25) is 0 Å². The molecule has 0 bridgehead atoms. The topological polar surface area (TPSA) is 59.6 Å². The number of aryl methyl sites for hydroxylation is 1. The number of rotatable bonds is 3. The first-order valence-corrected chi connectivity index (χ1v) is 9.49. The Morgan fingerprint density at radius 1 is 1.24 bits per heavy atom. The molecule has 1 aromatic heterocycles. The van der Waals surface area contributed by atoms with Gasteiger partial charge in [-0.2, -0.15) is 0 Å². The van der Waals surface area contributed by atoms with Crippen LogP contribution in [0.3, 0.4) is 0 Å². The van der Waals surface area contributed by atoms with E-state index in [0.29, 0.717) is 0 Å². The standard InChI is InChI=1S/C20H27N3O2/c1-2-14-5-3-6-15-16(13-21-19(14)15)20(25)23-11-9-22(10-12-23)17-7-4-8-18(17)24/h3,5-6,13,17-18,21,24H,2,4,7-12H2,1H3/t17-,18+/m0/s1. The number of carbonyl (C=O) groups excluding carboxylic acids is 1. The summed E-state index contributed by atoms with van der Waals surface area (Å²) >= 11 is 0. The average Bonchev–Trinajstić information content (AvgIpc) is 3.27. The van der Waals surface area contributed by atoms with Crippen LogP contribution in [0.5, 0.6) is 0 Å². The molecule has 2 heterocycles. The Kier molecular flexibility index (Phi) is 4.52. The number of amides is 1. The van der Waals surface area contributed by atoms with Gasteiger partial charge in [0.2, 0.25) is 0 Å². The number of nitrogens with zero attached hydrogens (tertiary/aromatic N) is 2. The summed E-state index contributed by atoms with van der Waals surface area (Å²) in [6.07, 6.45) is 5.73. The number of nitrogens with one attached hydrogen (secondary N) is 1. The largest absolute Gasteiger partial charge is 0.391 e. The molecule has 1 saturated carbocycles. The second-order valence-electron chi connectivity index (χ2n) is 7.29. The lowest BCUT2D eigenvalue weighted by Crippen LogP contribution is -2.53. The number of aromatic amines is 1. The molecule has 25 heavy (non-hydrogen) atoms. The Balaban J connectivity index is 1.48. The molecule has 5 nitrogen and oxygen atoms in total. The lowest BCUT2D eigenvalue weighted by molar-refractivity contribution is 0.0316. The molecule has 2 aliphatic rings. The number of benzene rings is 1. The van der Waals surface area contributed by atoms with Crippen molar-refractivity contribution >= 4 is 16.8 Å². The van der Waals surface area contributed by atoms with Gasteiger partial charge < -0.3 is 15.0 Å². The van der Waals surface area contributed by atoms with Crippen LogP contribution >= 0.6 is 0 Å². The molecule has 2 aromatic rings. The minimum Gasteiger partial charge on any atom is -0.391 e. The lowest BCUT2D eigenvalue weighted by atomic mass is 10.1. The molecular formula is C20H27N3O2. The van der Waals surface area contributed by atoms with E-state index in [-0.39, 0.29) is 18.1 Å². The molecule has 1 aromatic carbocycles.